The zero-order chi connectivity index (χ0) is 24.7. The van der Waals surface area contributed by atoms with Crippen molar-refractivity contribution in [2.45, 2.75) is 65.1 Å². The molecule has 1 heterocycles. The number of ether oxygens (including phenoxy) is 2. The molecule has 0 aromatic heterocycles. The quantitative estimate of drug-likeness (QED) is 0.467. The van der Waals surface area contributed by atoms with Crippen molar-refractivity contribution in [3.8, 4) is 11.5 Å². The molecule has 0 bridgehead atoms. The maximum atomic E-state index is 13.5. The van der Waals surface area contributed by atoms with Crippen molar-refractivity contribution in [3.05, 3.63) is 57.6 Å². The van der Waals surface area contributed by atoms with Gasteiger partial charge >= 0.3 is 0 Å². The van der Waals surface area contributed by atoms with Crippen molar-refractivity contribution >= 4 is 35.0 Å². The van der Waals surface area contributed by atoms with Crippen LogP contribution in [0.3, 0.4) is 0 Å². The average Bonchev–Trinajstić information content (AvgIpc) is 2.84. The summed E-state index contributed by atoms with van der Waals surface area (Å²) in [5, 5.41) is 3.88. The third-order valence-electron chi connectivity index (χ3n) is 5.96. The number of halogens is 2. The van der Waals surface area contributed by atoms with E-state index in [0.717, 1.165) is 23.3 Å². The van der Waals surface area contributed by atoms with Crippen molar-refractivity contribution in [2.75, 3.05) is 13.2 Å². The molecule has 3 rings (SSSR count). The summed E-state index contributed by atoms with van der Waals surface area (Å²) in [5.74, 6) is 1.16. The molecule has 0 aliphatic carbocycles. The molecule has 1 N–H and O–H groups in total. The maximum absolute atomic E-state index is 13.5. The monoisotopic (exact) mass is 506 g/mol. The van der Waals surface area contributed by atoms with E-state index >= 15 is 0 Å². The molecule has 1 aliphatic heterocycles. The van der Waals surface area contributed by atoms with Crippen LogP contribution in [-0.4, -0.2) is 42.0 Å². The van der Waals surface area contributed by atoms with Crippen LogP contribution in [0.25, 0.3) is 0 Å². The van der Waals surface area contributed by atoms with E-state index in [1.54, 1.807) is 17.0 Å². The summed E-state index contributed by atoms with van der Waals surface area (Å²) in [7, 11) is 0. The van der Waals surface area contributed by atoms with Crippen LogP contribution >= 0.6 is 23.2 Å². The molecule has 0 spiro atoms. The van der Waals surface area contributed by atoms with Crippen LogP contribution in [0.15, 0.2) is 36.4 Å². The van der Waals surface area contributed by atoms with Crippen molar-refractivity contribution in [3.63, 3.8) is 0 Å². The summed E-state index contributed by atoms with van der Waals surface area (Å²) in [4.78, 5) is 28.2. The number of nitrogens with zero attached hydrogens (tertiary/aromatic N) is 1. The zero-order valence-electron chi connectivity index (χ0n) is 19.9. The molecular weight excluding hydrogens is 475 g/mol. The highest BCUT2D eigenvalue weighted by atomic mass is 35.5. The number of amides is 2. The average molecular weight is 507 g/mol. The van der Waals surface area contributed by atoms with Gasteiger partial charge in [0.2, 0.25) is 11.8 Å². The van der Waals surface area contributed by atoms with E-state index in [4.69, 9.17) is 32.7 Å². The Balaban J connectivity index is 1.78. The van der Waals surface area contributed by atoms with Gasteiger partial charge in [0.25, 0.3) is 0 Å². The number of aryl methyl sites for hydroxylation is 1. The summed E-state index contributed by atoms with van der Waals surface area (Å²) in [6, 6.07) is 10.4. The number of rotatable bonds is 10. The van der Waals surface area contributed by atoms with Gasteiger partial charge in [-0.3, -0.25) is 9.59 Å². The van der Waals surface area contributed by atoms with Gasteiger partial charge in [-0.15, -0.1) is 0 Å². The lowest BCUT2D eigenvalue weighted by atomic mass is 10.0. The molecule has 0 radical (unpaired) electrons. The molecule has 184 valence electrons. The number of benzene rings is 2. The first-order chi connectivity index (χ1) is 16.3. The van der Waals surface area contributed by atoms with E-state index in [2.05, 4.69) is 5.32 Å². The van der Waals surface area contributed by atoms with Crippen molar-refractivity contribution in [2.24, 2.45) is 0 Å². The highest BCUT2D eigenvalue weighted by molar-refractivity contribution is 6.42. The molecule has 0 saturated heterocycles. The van der Waals surface area contributed by atoms with Gasteiger partial charge in [-0.1, -0.05) is 49.2 Å². The number of nitrogens with one attached hydrogen (secondary N) is 1. The SMILES string of the molecule is CC[C@H](C(=O)N[C@@H](C)CC)N(Cc1ccc(Cl)c(Cl)c1)C(=O)CCc1ccc2c(c1)OCCO2. The highest BCUT2D eigenvalue weighted by Crippen LogP contribution is 2.31. The van der Waals surface area contributed by atoms with Gasteiger partial charge < -0.3 is 19.7 Å². The third-order valence-corrected chi connectivity index (χ3v) is 6.70. The van der Waals surface area contributed by atoms with Gasteiger partial charge in [0.15, 0.2) is 11.5 Å². The van der Waals surface area contributed by atoms with E-state index in [1.807, 2.05) is 45.0 Å². The van der Waals surface area contributed by atoms with Gasteiger partial charge in [0, 0.05) is 19.0 Å². The molecule has 8 heteroatoms. The number of hydrogen-bond acceptors (Lipinski definition) is 4. The van der Waals surface area contributed by atoms with E-state index in [1.165, 1.54) is 0 Å². The Hall–Kier alpha value is -2.44. The number of hydrogen-bond donors (Lipinski definition) is 1. The van der Waals surface area contributed by atoms with Crippen LogP contribution in [0.5, 0.6) is 11.5 Å². The fraction of sp³-hybridized carbons (Fsp3) is 0.462. The van der Waals surface area contributed by atoms with Crippen molar-refractivity contribution in [1.29, 1.82) is 0 Å². The summed E-state index contributed by atoms with van der Waals surface area (Å²) in [5.41, 5.74) is 1.79. The standard InChI is InChI=1S/C26H32Cl2N2O4/c1-4-17(3)29-26(32)22(5-2)30(16-19-6-9-20(27)21(28)14-19)25(31)11-8-18-7-10-23-24(15-18)34-13-12-33-23/h6-7,9-10,14-15,17,22H,4-5,8,11-13,16H2,1-3H3,(H,29,32)/t17-,22+/m0/s1. The van der Waals surface area contributed by atoms with Gasteiger partial charge in [-0.2, -0.15) is 0 Å². The Morgan fingerprint density at radius 1 is 0.971 bits per heavy atom. The van der Waals surface area contributed by atoms with Gasteiger partial charge in [0.1, 0.15) is 19.3 Å². The Kier molecular flexibility index (Phi) is 9.48. The molecule has 2 amide bonds. The lowest BCUT2D eigenvalue weighted by Crippen LogP contribution is -2.50. The summed E-state index contributed by atoms with van der Waals surface area (Å²) >= 11 is 12.3. The third kappa shape index (κ3) is 6.80. The van der Waals surface area contributed by atoms with Crippen molar-refractivity contribution < 1.29 is 19.1 Å². The lowest BCUT2D eigenvalue weighted by molar-refractivity contribution is -0.141. The van der Waals surface area contributed by atoms with Gasteiger partial charge in [0.05, 0.1) is 10.0 Å². The maximum Gasteiger partial charge on any atom is 0.243 e. The Bertz CT molecular complexity index is 1010. The van der Waals surface area contributed by atoms with Gasteiger partial charge in [-0.25, -0.2) is 0 Å². The van der Waals surface area contributed by atoms with E-state index in [0.29, 0.717) is 41.9 Å². The molecule has 6 nitrogen and oxygen atoms in total. The van der Waals surface area contributed by atoms with E-state index < -0.39 is 6.04 Å². The molecular formula is C26H32Cl2N2O4. The largest absolute Gasteiger partial charge is 0.486 e. The first kappa shape index (κ1) is 26.2. The second-order valence-electron chi connectivity index (χ2n) is 8.49. The number of carbonyl (C=O) groups is 2. The Morgan fingerprint density at radius 3 is 2.35 bits per heavy atom. The van der Waals surface area contributed by atoms with Crippen LogP contribution < -0.4 is 14.8 Å². The Labute approximate surface area is 211 Å². The normalized spacial score (nSPS) is 14.3. The Morgan fingerprint density at radius 2 is 1.68 bits per heavy atom. The highest BCUT2D eigenvalue weighted by Gasteiger charge is 2.29. The summed E-state index contributed by atoms with van der Waals surface area (Å²) in [6.45, 7) is 7.19. The van der Waals surface area contributed by atoms with E-state index in [9.17, 15) is 9.59 Å². The minimum atomic E-state index is -0.587. The lowest BCUT2D eigenvalue weighted by Gasteiger charge is -2.31. The smallest absolute Gasteiger partial charge is 0.243 e. The second-order valence-corrected chi connectivity index (χ2v) is 9.30. The molecule has 0 saturated carbocycles. The molecule has 0 fully saturated rings. The van der Waals surface area contributed by atoms with Crippen LogP contribution in [0.4, 0.5) is 0 Å². The summed E-state index contributed by atoms with van der Waals surface area (Å²) < 4.78 is 11.2. The van der Waals surface area contributed by atoms with E-state index in [-0.39, 0.29) is 30.8 Å². The summed E-state index contributed by atoms with van der Waals surface area (Å²) in [6.07, 6.45) is 2.09. The van der Waals surface area contributed by atoms with Gasteiger partial charge in [-0.05, 0) is 61.6 Å². The van der Waals surface area contributed by atoms with Crippen LogP contribution in [0, 0.1) is 0 Å². The minimum Gasteiger partial charge on any atom is -0.486 e. The van der Waals surface area contributed by atoms with Crippen LogP contribution in [0.2, 0.25) is 10.0 Å². The fourth-order valence-corrected chi connectivity index (χ4v) is 4.15. The number of carbonyl (C=O) groups excluding carboxylic acids is 2. The first-order valence-corrected chi connectivity index (χ1v) is 12.5. The predicted molar refractivity (Wildman–Crippen MR) is 135 cm³/mol. The number of fused-ring (bicyclic) bond motifs is 1. The zero-order valence-corrected chi connectivity index (χ0v) is 21.4. The first-order valence-electron chi connectivity index (χ1n) is 11.7. The predicted octanol–water partition coefficient (Wildman–Crippen LogP) is 5.42. The van der Waals surface area contributed by atoms with Crippen LogP contribution in [-0.2, 0) is 22.6 Å². The molecule has 2 atom stereocenters. The molecule has 1 aliphatic rings. The molecule has 34 heavy (non-hydrogen) atoms. The van der Waals surface area contributed by atoms with Crippen molar-refractivity contribution in [1.82, 2.24) is 10.2 Å². The molecule has 0 unspecified atom stereocenters. The molecule has 2 aromatic carbocycles. The second kappa shape index (κ2) is 12.3. The topological polar surface area (TPSA) is 67.9 Å². The van der Waals surface area contributed by atoms with Crippen LogP contribution in [0.1, 0.15) is 51.2 Å². The minimum absolute atomic E-state index is 0.0289. The fourth-order valence-electron chi connectivity index (χ4n) is 3.83. The molecule has 2 aromatic rings.